The predicted octanol–water partition coefficient (Wildman–Crippen LogP) is 2.75. The van der Waals surface area contributed by atoms with Gasteiger partial charge in [-0.1, -0.05) is 19.9 Å². The second-order valence-electron chi connectivity index (χ2n) is 5.10. The maximum Gasteiger partial charge on any atom is 0.326 e. The van der Waals surface area contributed by atoms with Crippen molar-refractivity contribution in [1.82, 2.24) is 5.32 Å². The molecule has 5 nitrogen and oxygen atoms in total. The molecule has 1 aromatic rings. The lowest BCUT2D eigenvalue weighted by molar-refractivity contribution is -0.139. The van der Waals surface area contributed by atoms with Gasteiger partial charge in [-0.3, -0.25) is 0 Å². The van der Waals surface area contributed by atoms with Crippen LogP contribution >= 0.6 is 0 Å². The van der Waals surface area contributed by atoms with Gasteiger partial charge in [0.15, 0.2) is 0 Å². The fourth-order valence-electron chi connectivity index (χ4n) is 1.74. The number of carbonyl (C=O) groups is 2. The number of nitrogens with one attached hydrogen (secondary N) is 2. The van der Waals surface area contributed by atoms with Crippen LogP contribution in [0.15, 0.2) is 18.2 Å². The zero-order chi connectivity index (χ0) is 15.3. The Kier molecular flexibility index (Phi) is 5.49. The molecule has 0 saturated carbocycles. The molecule has 1 aromatic carbocycles. The number of anilines is 1. The fraction of sp³-hybridized carbons (Fsp3) is 0.429. The first kappa shape index (κ1) is 15.9. The highest BCUT2D eigenvalue weighted by molar-refractivity contribution is 5.92. The number of carboxylic acids is 1. The number of urea groups is 1. The molecule has 0 spiro atoms. The van der Waals surface area contributed by atoms with E-state index >= 15 is 0 Å². The number of aliphatic carboxylic acids is 1. The lowest BCUT2D eigenvalue weighted by Crippen LogP contribution is -2.43. The third kappa shape index (κ3) is 4.87. The number of benzene rings is 1. The van der Waals surface area contributed by atoms with Crippen LogP contribution in [0.5, 0.6) is 0 Å². The summed E-state index contributed by atoms with van der Waals surface area (Å²) in [6.07, 6.45) is 0.305. The van der Waals surface area contributed by atoms with E-state index in [1.165, 1.54) is 12.1 Å². The summed E-state index contributed by atoms with van der Waals surface area (Å²) in [5.41, 5.74) is 0.815. The van der Waals surface area contributed by atoms with Crippen molar-refractivity contribution in [2.45, 2.75) is 33.2 Å². The Bertz CT molecular complexity index is 503. The molecule has 0 radical (unpaired) electrons. The maximum absolute atomic E-state index is 13.5. The monoisotopic (exact) mass is 282 g/mol. The van der Waals surface area contributed by atoms with Gasteiger partial charge < -0.3 is 15.7 Å². The van der Waals surface area contributed by atoms with Crippen LogP contribution in [-0.2, 0) is 4.79 Å². The van der Waals surface area contributed by atoms with E-state index in [2.05, 4.69) is 10.6 Å². The number of halogens is 1. The van der Waals surface area contributed by atoms with Crippen molar-refractivity contribution in [2.24, 2.45) is 5.92 Å². The van der Waals surface area contributed by atoms with E-state index in [9.17, 15) is 14.0 Å². The van der Waals surface area contributed by atoms with E-state index < -0.39 is 23.9 Å². The molecule has 0 heterocycles. The van der Waals surface area contributed by atoms with E-state index in [-0.39, 0.29) is 11.6 Å². The summed E-state index contributed by atoms with van der Waals surface area (Å²) in [6.45, 7) is 5.48. The van der Waals surface area contributed by atoms with E-state index in [4.69, 9.17) is 5.11 Å². The maximum atomic E-state index is 13.5. The topological polar surface area (TPSA) is 78.4 Å². The van der Waals surface area contributed by atoms with Crippen molar-refractivity contribution in [3.63, 3.8) is 0 Å². The number of rotatable bonds is 5. The van der Waals surface area contributed by atoms with Gasteiger partial charge in [0.25, 0.3) is 0 Å². The summed E-state index contributed by atoms with van der Waals surface area (Å²) in [5, 5.41) is 13.7. The van der Waals surface area contributed by atoms with Crippen LogP contribution in [0.25, 0.3) is 0 Å². The van der Waals surface area contributed by atoms with Gasteiger partial charge in [-0.05, 0) is 37.0 Å². The second kappa shape index (κ2) is 6.88. The van der Waals surface area contributed by atoms with Crippen molar-refractivity contribution >= 4 is 17.7 Å². The van der Waals surface area contributed by atoms with Gasteiger partial charge in [0, 0.05) is 0 Å². The predicted molar refractivity (Wildman–Crippen MR) is 74.2 cm³/mol. The molecule has 110 valence electrons. The van der Waals surface area contributed by atoms with E-state index in [1.807, 2.05) is 13.8 Å². The second-order valence-corrected chi connectivity index (χ2v) is 5.10. The van der Waals surface area contributed by atoms with Crippen molar-refractivity contribution < 1.29 is 19.1 Å². The quantitative estimate of drug-likeness (QED) is 0.777. The first-order valence-electron chi connectivity index (χ1n) is 6.36. The summed E-state index contributed by atoms with van der Waals surface area (Å²) in [5.74, 6) is -1.56. The van der Waals surface area contributed by atoms with Crippen LogP contribution in [0.2, 0.25) is 0 Å². The number of hydrogen-bond donors (Lipinski definition) is 3. The van der Waals surface area contributed by atoms with Gasteiger partial charge in [-0.25, -0.2) is 14.0 Å². The van der Waals surface area contributed by atoms with Gasteiger partial charge in [0.2, 0.25) is 0 Å². The van der Waals surface area contributed by atoms with Gasteiger partial charge >= 0.3 is 12.0 Å². The first-order valence-corrected chi connectivity index (χ1v) is 6.36. The van der Waals surface area contributed by atoms with Crippen LogP contribution in [0.1, 0.15) is 25.8 Å². The minimum absolute atomic E-state index is 0.0242. The van der Waals surface area contributed by atoms with E-state index in [0.29, 0.717) is 6.42 Å². The molecule has 1 atom stereocenters. The van der Waals surface area contributed by atoms with Gasteiger partial charge in [-0.2, -0.15) is 0 Å². The smallest absolute Gasteiger partial charge is 0.326 e. The lowest BCUT2D eigenvalue weighted by Gasteiger charge is -2.17. The highest BCUT2D eigenvalue weighted by Gasteiger charge is 2.21. The average molecular weight is 282 g/mol. The highest BCUT2D eigenvalue weighted by atomic mass is 19.1. The molecule has 3 N–H and O–H groups in total. The normalized spacial score (nSPS) is 12.1. The Morgan fingerprint density at radius 2 is 2.00 bits per heavy atom. The molecule has 0 fully saturated rings. The molecule has 0 aliphatic heterocycles. The van der Waals surface area contributed by atoms with Gasteiger partial charge in [-0.15, -0.1) is 0 Å². The summed E-state index contributed by atoms with van der Waals surface area (Å²) >= 11 is 0. The average Bonchev–Trinajstić information content (AvgIpc) is 2.32. The zero-order valence-electron chi connectivity index (χ0n) is 11.7. The van der Waals surface area contributed by atoms with Crippen LogP contribution in [0.3, 0.4) is 0 Å². The van der Waals surface area contributed by atoms with Crippen LogP contribution < -0.4 is 10.6 Å². The molecule has 0 unspecified atom stereocenters. The Labute approximate surface area is 117 Å². The Balaban J connectivity index is 2.70. The Morgan fingerprint density at radius 3 is 2.55 bits per heavy atom. The van der Waals surface area contributed by atoms with Gasteiger partial charge in [0.05, 0.1) is 5.69 Å². The number of hydrogen-bond acceptors (Lipinski definition) is 2. The standard InChI is InChI=1S/C14H19FN2O3/c1-8(2)6-12(13(18)19)17-14(20)16-11-7-9(3)4-5-10(11)15/h4-5,7-8,12H,6H2,1-3H3,(H,18,19)(H2,16,17,20)/t12-/m0/s1. The molecule has 0 aliphatic carbocycles. The Hall–Kier alpha value is -2.11. The zero-order valence-corrected chi connectivity index (χ0v) is 11.7. The highest BCUT2D eigenvalue weighted by Crippen LogP contribution is 2.15. The Morgan fingerprint density at radius 1 is 1.35 bits per heavy atom. The molecular weight excluding hydrogens is 263 g/mol. The molecule has 20 heavy (non-hydrogen) atoms. The molecule has 0 saturated heterocycles. The minimum atomic E-state index is -1.11. The van der Waals surface area contributed by atoms with Crippen molar-refractivity contribution in [2.75, 3.05) is 5.32 Å². The van der Waals surface area contributed by atoms with E-state index in [0.717, 1.165) is 5.56 Å². The third-order valence-electron chi connectivity index (χ3n) is 2.68. The molecule has 2 amide bonds. The number of aryl methyl sites for hydroxylation is 1. The summed E-state index contributed by atoms with van der Waals surface area (Å²) < 4.78 is 13.5. The molecule has 0 aliphatic rings. The molecule has 1 rings (SSSR count). The molecule has 6 heteroatoms. The SMILES string of the molecule is Cc1ccc(F)c(NC(=O)N[C@@H](CC(C)C)C(=O)O)c1. The van der Waals surface area contributed by atoms with Crippen molar-refractivity contribution in [3.05, 3.63) is 29.6 Å². The van der Waals surface area contributed by atoms with Crippen molar-refractivity contribution in [1.29, 1.82) is 0 Å². The summed E-state index contributed by atoms with van der Waals surface area (Å²) in [6, 6.07) is 2.57. The third-order valence-corrected chi connectivity index (χ3v) is 2.68. The fourth-order valence-corrected chi connectivity index (χ4v) is 1.74. The summed E-state index contributed by atoms with van der Waals surface area (Å²) in [4.78, 5) is 22.7. The van der Waals surface area contributed by atoms with E-state index in [1.54, 1.807) is 13.0 Å². The molecular formula is C14H19FN2O3. The molecule has 0 bridgehead atoms. The molecule has 0 aromatic heterocycles. The van der Waals surface area contributed by atoms with Crippen LogP contribution in [0, 0.1) is 18.7 Å². The first-order chi connectivity index (χ1) is 9.29. The van der Waals surface area contributed by atoms with Crippen molar-refractivity contribution in [3.8, 4) is 0 Å². The largest absolute Gasteiger partial charge is 0.480 e. The van der Waals surface area contributed by atoms with Crippen LogP contribution in [0.4, 0.5) is 14.9 Å². The lowest BCUT2D eigenvalue weighted by atomic mass is 10.0. The van der Waals surface area contributed by atoms with Gasteiger partial charge in [0.1, 0.15) is 11.9 Å². The van der Waals surface area contributed by atoms with Crippen LogP contribution in [-0.4, -0.2) is 23.1 Å². The minimum Gasteiger partial charge on any atom is -0.480 e. The summed E-state index contributed by atoms with van der Waals surface area (Å²) in [7, 11) is 0. The number of carbonyl (C=O) groups excluding carboxylic acids is 1. The number of amides is 2. The number of carboxylic acid groups (broad SMARTS) is 1.